The van der Waals surface area contributed by atoms with E-state index in [0.29, 0.717) is 37.6 Å². The molecule has 1 aromatic heterocycles. The first-order valence-electron chi connectivity index (χ1n) is 7.32. The summed E-state index contributed by atoms with van der Waals surface area (Å²) in [5.74, 6) is 0.616. The van der Waals surface area contributed by atoms with Gasteiger partial charge in [-0.15, -0.1) is 0 Å². The molecule has 7 heteroatoms. The third kappa shape index (κ3) is 3.98. The fraction of sp³-hybridized carbons (Fsp3) is 0.375. The lowest BCUT2D eigenvalue weighted by atomic mass is 10.0. The Kier molecular flexibility index (Phi) is 4.47. The highest BCUT2D eigenvalue weighted by atomic mass is 19.4. The van der Waals surface area contributed by atoms with Crippen molar-refractivity contribution in [1.82, 2.24) is 9.97 Å². The van der Waals surface area contributed by atoms with Gasteiger partial charge in [-0.25, -0.2) is 9.97 Å². The van der Waals surface area contributed by atoms with Crippen molar-refractivity contribution in [2.24, 2.45) is 0 Å². The normalized spacial score (nSPS) is 18.9. The van der Waals surface area contributed by atoms with Gasteiger partial charge in [-0.2, -0.15) is 13.2 Å². The molecule has 2 aromatic rings. The first-order chi connectivity index (χ1) is 11.0. The standard InChI is InChI=1S/C16H16F3N3O/c17-16(18,19)13-4-1-3-12(9-13)10-14-11-22(7-8-23-14)15-20-5-2-6-21-15/h1-6,9,14H,7-8,10-11H2. The van der Waals surface area contributed by atoms with Gasteiger partial charge in [0.1, 0.15) is 0 Å². The second-order valence-corrected chi connectivity index (χ2v) is 5.39. The molecular formula is C16H16F3N3O. The van der Waals surface area contributed by atoms with Gasteiger partial charge in [-0.3, -0.25) is 0 Å². The van der Waals surface area contributed by atoms with Crippen LogP contribution in [-0.4, -0.2) is 35.8 Å². The number of aromatic nitrogens is 2. The minimum absolute atomic E-state index is 0.184. The summed E-state index contributed by atoms with van der Waals surface area (Å²) in [6.07, 6.45) is -0.754. The fourth-order valence-corrected chi connectivity index (χ4v) is 2.62. The van der Waals surface area contributed by atoms with E-state index in [1.807, 2.05) is 4.90 Å². The van der Waals surface area contributed by atoms with Crippen molar-refractivity contribution < 1.29 is 17.9 Å². The maximum absolute atomic E-state index is 12.8. The Labute approximate surface area is 131 Å². The Morgan fingerprint density at radius 1 is 1.17 bits per heavy atom. The van der Waals surface area contributed by atoms with Crippen molar-refractivity contribution in [3.63, 3.8) is 0 Å². The molecule has 122 valence electrons. The Bertz CT molecular complexity index is 649. The van der Waals surface area contributed by atoms with Gasteiger partial charge in [0, 0.05) is 31.9 Å². The molecule has 0 bridgehead atoms. The number of ether oxygens (including phenoxy) is 1. The molecule has 1 aliphatic heterocycles. The largest absolute Gasteiger partial charge is 0.416 e. The number of hydrogen-bond donors (Lipinski definition) is 0. The minimum Gasteiger partial charge on any atom is -0.374 e. The molecule has 1 saturated heterocycles. The van der Waals surface area contributed by atoms with E-state index >= 15 is 0 Å². The number of morpholine rings is 1. The van der Waals surface area contributed by atoms with E-state index in [-0.39, 0.29) is 6.10 Å². The highest BCUT2D eigenvalue weighted by Gasteiger charge is 2.31. The molecule has 1 aromatic carbocycles. The van der Waals surface area contributed by atoms with Gasteiger partial charge < -0.3 is 9.64 Å². The molecule has 0 spiro atoms. The molecule has 0 aliphatic carbocycles. The molecule has 0 radical (unpaired) electrons. The quantitative estimate of drug-likeness (QED) is 0.870. The van der Waals surface area contributed by atoms with Gasteiger partial charge in [0.2, 0.25) is 5.95 Å². The summed E-state index contributed by atoms with van der Waals surface area (Å²) < 4.78 is 44.0. The zero-order valence-electron chi connectivity index (χ0n) is 12.3. The van der Waals surface area contributed by atoms with Gasteiger partial charge in [-0.1, -0.05) is 18.2 Å². The Hall–Kier alpha value is -2.15. The van der Waals surface area contributed by atoms with Crippen molar-refractivity contribution in [3.05, 3.63) is 53.9 Å². The summed E-state index contributed by atoms with van der Waals surface area (Å²) in [6.45, 7) is 1.73. The molecule has 1 aliphatic rings. The van der Waals surface area contributed by atoms with Crippen LogP contribution in [0.4, 0.5) is 19.1 Å². The topological polar surface area (TPSA) is 38.2 Å². The fourth-order valence-electron chi connectivity index (χ4n) is 2.62. The Morgan fingerprint density at radius 2 is 1.96 bits per heavy atom. The summed E-state index contributed by atoms with van der Waals surface area (Å²) in [5.41, 5.74) is -0.0188. The Balaban J connectivity index is 1.68. The second kappa shape index (κ2) is 6.54. The molecule has 2 heterocycles. The van der Waals surface area contributed by atoms with Crippen LogP contribution in [-0.2, 0) is 17.3 Å². The van der Waals surface area contributed by atoms with Crippen LogP contribution < -0.4 is 4.90 Å². The number of nitrogens with zero attached hydrogens (tertiary/aromatic N) is 3. The number of halogens is 3. The lowest BCUT2D eigenvalue weighted by Crippen LogP contribution is -2.44. The van der Waals surface area contributed by atoms with E-state index in [1.165, 1.54) is 12.1 Å². The molecule has 1 unspecified atom stereocenters. The van der Waals surface area contributed by atoms with E-state index in [1.54, 1.807) is 24.5 Å². The summed E-state index contributed by atoms with van der Waals surface area (Å²) in [4.78, 5) is 10.4. The van der Waals surface area contributed by atoms with Crippen LogP contribution in [0, 0.1) is 0 Å². The van der Waals surface area contributed by atoms with E-state index in [9.17, 15) is 13.2 Å². The summed E-state index contributed by atoms with van der Waals surface area (Å²) in [7, 11) is 0. The zero-order chi connectivity index (χ0) is 16.3. The summed E-state index contributed by atoms with van der Waals surface area (Å²) >= 11 is 0. The number of rotatable bonds is 3. The van der Waals surface area contributed by atoms with Crippen LogP contribution in [0.1, 0.15) is 11.1 Å². The van der Waals surface area contributed by atoms with Crippen molar-refractivity contribution >= 4 is 5.95 Å². The summed E-state index contributed by atoms with van der Waals surface area (Å²) in [6, 6.07) is 7.12. The van der Waals surface area contributed by atoms with Crippen LogP contribution in [0.5, 0.6) is 0 Å². The minimum atomic E-state index is -4.33. The maximum Gasteiger partial charge on any atom is 0.416 e. The molecule has 0 saturated carbocycles. The lowest BCUT2D eigenvalue weighted by Gasteiger charge is -2.33. The van der Waals surface area contributed by atoms with Gasteiger partial charge in [0.05, 0.1) is 18.3 Å². The summed E-state index contributed by atoms with van der Waals surface area (Å²) in [5, 5.41) is 0. The predicted octanol–water partition coefficient (Wildman–Crippen LogP) is 2.94. The number of anilines is 1. The van der Waals surface area contributed by atoms with Gasteiger partial charge in [0.15, 0.2) is 0 Å². The van der Waals surface area contributed by atoms with E-state index in [4.69, 9.17) is 4.74 Å². The molecule has 4 nitrogen and oxygen atoms in total. The van der Waals surface area contributed by atoms with Crippen molar-refractivity contribution in [2.75, 3.05) is 24.6 Å². The molecular weight excluding hydrogens is 307 g/mol. The lowest BCUT2D eigenvalue weighted by molar-refractivity contribution is -0.137. The van der Waals surface area contributed by atoms with Crippen LogP contribution >= 0.6 is 0 Å². The van der Waals surface area contributed by atoms with E-state index in [2.05, 4.69) is 9.97 Å². The maximum atomic E-state index is 12.8. The first-order valence-corrected chi connectivity index (χ1v) is 7.32. The zero-order valence-corrected chi connectivity index (χ0v) is 12.3. The van der Waals surface area contributed by atoms with Gasteiger partial charge >= 0.3 is 6.18 Å². The predicted molar refractivity (Wildman–Crippen MR) is 79.1 cm³/mol. The average molecular weight is 323 g/mol. The van der Waals surface area contributed by atoms with Crippen LogP contribution in [0.15, 0.2) is 42.7 Å². The Morgan fingerprint density at radius 3 is 2.70 bits per heavy atom. The van der Waals surface area contributed by atoms with Crippen molar-refractivity contribution in [1.29, 1.82) is 0 Å². The highest BCUT2D eigenvalue weighted by Crippen LogP contribution is 2.30. The van der Waals surface area contributed by atoms with Gasteiger partial charge in [0.25, 0.3) is 0 Å². The van der Waals surface area contributed by atoms with E-state index < -0.39 is 11.7 Å². The van der Waals surface area contributed by atoms with Crippen molar-refractivity contribution in [2.45, 2.75) is 18.7 Å². The molecule has 1 fully saturated rings. The smallest absolute Gasteiger partial charge is 0.374 e. The second-order valence-electron chi connectivity index (χ2n) is 5.39. The number of hydrogen-bond acceptors (Lipinski definition) is 4. The van der Waals surface area contributed by atoms with Gasteiger partial charge in [-0.05, 0) is 17.7 Å². The molecule has 1 atom stereocenters. The average Bonchev–Trinajstić information content (AvgIpc) is 2.55. The van der Waals surface area contributed by atoms with Crippen LogP contribution in [0.3, 0.4) is 0 Å². The molecule has 3 rings (SSSR count). The molecule has 0 amide bonds. The molecule has 23 heavy (non-hydrogen) atoms. The monoisotopic (exact) mass is 323 g/mol. The molecule has 0 N–H and O–H groups in total. The van der Waals surface area contributed by atoms with Crippen LogP contribution in [0.2, 0.25) is 0 Å². The van der Waals surface area contributed by atoms with E-state index in [0.717, 1.165) is 6.07 Å². The highest BCUT2D eigenvalue weighted by molar-refractivity contribution is 5.30. The third-order valence-corrected chi connectivity index (χ3v) is 3.69. The third-order valence-electron chi connectivity index (χ3n) is 3.69. The SMILES string of the molecule is FC(F)(F)c1cccc(CC2CN(c3ncccn3)CCO2)c1. The first kappa shape index (κ1) is 15.7. The number of alkyl halides is 3. The van der Waals surface area contributed by atoms with Crippen LogP contribution in [0.25, 0.3) is 0 Å². The van der Waals surface area contributed by atoms with Crippen molar-refractivity contribution in [3.8, 4) is 0 Å². The number of benzene rings is 1.